The van der Waals surface area contributed by atoms with E-state index in [1.54, 1.807) is 13.0 Å². The van der Waals surface area contributed by atoms with Crippen molar-refractivity contribution in [2.45, 2.75) is 85.0 Å². The standard InChI is InChI=1S/C17H34O9/c1-4-15-18-20-22-24-26-25-23-21-19-16-13-11-9-7-5-6-8-10-12-14-17(2)3/h4,15,17H,5-14,16H2,1-3H3. The smallest absolute Gasteiger partial charge is 0.128 e. The zero-order chi connectivity index (χ0) is 19.1. The number of unbranched alkanes of at least 4 members (excludes halogenated alkanes) is 8. The molecule has 9 nitrogen and oxygen atoms in total. The Hall–Kier alpha value is -0.780. The summed E-state index contributed by atoms with van der Waals surface area (Å²) in [6.07, 6.45) is 15.2. The molecule has 156 valence electrons. The predicted octanol–water partition coefficient (Wildman–Crippen LogP) is 5.55. The predicted molar refractivity (Wildman–Crippen MR) is 90.5 cm³/mol. The van der Waals surface area contributed by atoms with Crippen LogP contribution in [-0.2, 0) is 45.0 Å². The molecule has 0 amide bonds. The van der Waals surface area contributed by atoms with Crippen molar-refractivity contribution in [3.63, 3.8) is 0 Å². The van der Waals surface area contributed by atoms with Crippen LogP contribution >= 0.6 is 0 Å². The highest BCUT2D eigenvalue weighted by Crippen LogP contribution is 2.13. The van der Waals surface area contributed by atoms with Gasteiger partial charge in [0.05, 0.1) is 6.61 Å². The van der Waals surface area contributed by atoms with Crippen LogP contribution in [0.3, 0.4) is 0 Å². The van der Waals surface area contributed by atoms with Crippen LogP contribution in [-0.4, -0.2) is 6.61 Å². The molecule has 0 heterocycles. The van der Waals surface area contributed by atoms with Gasteiger partial charge in [-0.05, 0) is 40.5 Å². The van der Waals surface area contributed by atoms with Gasteiger partial charge in [-0.2, -0.15) is 0 Å². The van der Waals surface area contributed by atoms with Crippen molar-refractivity contribution in [1.29, 1.82) is 0 Å². The van der Waals surface area contributed by atoms with E-state index in [0.717, 1.165) is 18.8 Å². The molecule has 0 radical (unpaired) electrons. The van der Waals surface area contributed by atoms with Crippen molar-refractivity contribution in [2.24, 2.45) is 5.92 Å². The first-order valence-electron chi connectivity index (χ1n) is 9.33. The highest BCUT2D eigenvalue weighted by molar-refractivity contribution is 4.62. The average molecular weight is 382 g/mol. The summed E-state index contributed by atoms with van der Waals surface area (Å²) in [7, 11) is 0. The summed E-state index contributed by atoms with van der Waals surface area (Å²) in [4.78, 5) is 8.96. The maximum Gasteiger partial charge on any atom is 0.128 e. The molecule has 0 fully saturated rings. The second kappa shape index (κ2) is 22.3. The summed E-state index contributed by atoms with van der Waals surface area (Å²) in [6.45, 7) is 6.66. The van der Waals surface area contributed by atoms with Crippen molar-refractivity contribution >= 4 is 0 Å². The molecule has 0 aliphatic heterocycles. The minimum Gasteiger partial charge on any atom is -0.314 e. The number of rotatable bonds is 21. The first-order chi connectivity index (χ1) is 12.8. The van der Waals surface area contributed by atoms with Crippen LogP contribution in [0.15, 0.2) is 12.3 Å². The highest BCUT2D eigenvalue weighted by atomic mass is 17.9. The molecular formula is C17H34O9. The molecule has 0 spiro atoms. The molecule has 0 rings (SSSR count). The zero-order valence-electron chi connectivity index (χ0n) is 16.2. The lowest BCUT2D eigenvalue weighted by molar-refractivity contribution is -0.829. The topological polar surface area (TPSA) is 83.1 Å². The van der Waals surface area contributed by atoms with Crippen molar-refractivity contribution in [3.05, 3.63) is 12.3 Å². The average Bonchev–Trinajstić information content (AvgIpc) is 2.62. The largest absolute Gasteiger partial charge is 0.314 e. The molecule has 0 aromatic heterocycles. The molecule has 0 aromatic carbocycles. The summed E-state index contributed by atoms with van der Waals surface area (Å²) in [6, 6.07) is 0. The van der Waals surface area contributed by atoms with E-state index in [1.807, 2.05) is 0 Å². The summed E-state index contributed by atoms with van der Waals surface area (Å²) >= 11 is 0. The fourth-order valence-corrected chi connectivity index (χ4v) is 2.16. The summed E-state index contributed by atoms with van der Waals surface area (Å²) in [5.41, 5.74) is 0. The second-order valence-electron chi connectivity index (χ2n) is 6.23. The fraction of sp³-hybridized carbons (Fsp3) is 0.882. The lowest BCUT2D eigenvalue weighted by Crippen LogP contribution is -2.02. The van der Waals surface area contributed by atoms with E-state index in [4.69, 9.17) is 4.89 Å². The molecule has 0 unspecified atom stereocenters. The van der Waals surface area contributed by atoms with E-state index in [9.17, 15) is 0 Å². The third-order valence-electron chi connectivity index (χ3n) is 3.45. The van der Waals surface area contributed by atoms with Crippen molar-refractivity contribution < 1.29 is 45.0 Å². The quantitative estimate of drug-likeness (QED) is 0.110. The summed E-state index contributed by atoms with van der Waals surface area (Å²) in [5, 5.41) is 27.7. The molecular weight excluding hydrogens is 348 g/mol. The molecule has 0 saturated heterocycles. The van der Waals surface area contributed by atoms with Crippen molar-refractivity contribution in [3.8, 4) is 0 Å². The van der Waals surface area contributed by atoms with Crippen LogP contribution in [0.5, 0.6) is 0 Å². The molecule has 9 heteroatoms. The van der Waals surface area contributed by atoms with E-state index in [2.05, 4.69) is 54.0 Å². The molecule has 0 aliphatic rings. The van der Waals surface area contributed by atoms with Gasteiger partial charge in [-0.3, -0.25) is 0 Å². The van der Waals surface area contributed by atoms with Gasteiger partial charge in [0.2, 0.25) is 0 Å². The first kappa shape index (κ1) is 25.2. The Bertz CT molecular complexity index is 287. The van der Waals surface area contributed by atoms with Crippen LogP contribution < -0.4 is 0 Å². The minimum atomic E-state index is 0.385. The lowest BCUT2D eigenvalue weighted by atomic mass is 10.0. The zero-order valence-corrected chi connectivity index (χ0v) is 16.2. The van der Waals surface area contributed by atoms with Gasteiger partial charge in [-0.1, -0.05) is 71.6 Å². The van der Waals surface area contributed by atoms with Gasteiger partial charge >= 0.3 is 0 Å². The maximum absolute atomic E-state index is 4.70. The van der Waals surface area contributed by atoms with E-state index in [1.165, 1.54) is 57.6 Å². The first-order valence-corrected chi connectivity index (χ1v) is 9.33. The minimum absolute atomic E-state index is 0.385. The Labute approximate surface area is 155 Å². The maximum atomic E-state index is 4.70. The van der Waals surface area contributed by atoms with Crippen LogP contribution in [0.1, 0.15) is 85.0 Å². The Morgan fingerprint density at radius 1 is 0.615 bits per heavy atom. The lowest BCUT2D eigenvalue weighted by Gasteiger charge is -2.04. The Balaban J connectivity index is 2.99. The van der Waals surface area contributed by atoms with Crippen LogP contribution in [0.2, 0.25) is 0 Å². The van der Waals surface area contributed by atoms with Crippen molar-refractivity contribution in [2.75, 3.05) is 6.61 Å². The highest BCUT2D eigenvalue weighted by Gasteiger charge is 1.97. The Morgan fingerprint density at radius 2 is 1.12 bits per heavy atom. The van der Waals surface area contributed by atoms with Gasteiger partial charge in [-0.25, -0.2) is 4.89 Å². The Kier molecular flexibility index (Phi) is 21.6. The van der Waals surface area contributed by atoms with Crippen molar-refractivity contribution in [1.82, 2.24) is 0 Å². The van der Waals surface area contributed by atoms with Gasteiger partial charge in [-0.15, -0.1) is 0 Å². The molecule has 0 bridgehead atoms. The number of allylic oxidation sites excluding steroid dienone is 1. The van der Waals surface area contributed by atoms with Crippen LogP contribution in [0.4, 0.5) is 0 Å². The molecule has 26 heavy (non-hydrogen) atoms. The van der Waals surface area contributed by atoms with E-state index >= 15 is 0 Å². The third kappa shape index (κ3) is 23.2. The summed E-state index contributed by atoms with van der Waals surface area (Å²) < 4.78 is 0. The van der Waals surface area contributed by atoms with Gasteiger partial charge in [0, 0.05) is 20.2 Å². The normalized spacial score (nSPS) is 11.7. The molecule has 0 N–H and O–H groups in total. The van der Waals surface area contributed by atoms with Crippen LogP contribution in [0.25, 0.3) is 0 Å². The van der Waals surface area contributed by atoms with Gasteiger partial charge in [0.25, 0.3) is 0 Å². The molecule has 0 saturated carbocycles. The number of hydrogen-bond donors (Lipinski definition) is 0. The number of hydrogen-bond acceptors (Lipinski definition) is 9. The second-order valence-corrected chi connectivity index (χ2v) is 6.23. The SMILES string of the molecule is CC=COOOOOOOOOCCCCCCCCCCCC(C)C. The fourth-order valence-electron chi connectivity index (χ4n) is 2.16. The van der Waals surface area contributed by atoms with Gasteiger partial charge in [0.1, 0.15) is 6.26 Å². The Morgan fingerprint density at radius 3 is 1.69 bits per heavy atom. The summed E-state index contributed by atoms with van der Waals surface area (Å²) in [5.74, 6) is 0.830. The third-order valence-corrected chi connectivity index (χ3v) is 3.45. The molecule has 0 aliphatic carbocycles. The van der Waals surface area contributed by atoms with Gasteiger partial charge in [0.15, 0.2) is 0 Å². The molecule has 0 atom stereocenters. The van der Waals surface area contributed by atoms with E-state index < -0.39 is 0 Å². The van der Waals surface area contributed by atoms with E-state index in [0.29, 0.717) is 6.61 Å². The molecule has 0 aromatic rings. The van der Waals surface area contributed by atoms with E-state index in [-0.39, 0.29) is 0 Å². The van der Waals surface area contributed by atoms with Gasteiger partial charge < -0.3 is 4.89 Å². The van der Waals surface area contributed by atoms with Crippen LogP contribution in [0, 0.1) is 5.92 Å². The monoisotopic (exact) mass is 382 g/mol.